The van der Waals surface area contributed by atoms with E-state index in [1.807, 2.05) is 20.8 Å². The third-order valence-corrected chi connectivity index (χ3v) is 2.74. The van der Waals surface area contributed by atoms with Crippen molar-refractivity contribution in [1.29, 1.82) is 0 Å². The average Bonchev–Trinajstić information content (AvgIpc) is 2.32. The van der Waals surface area contributed by atoms with Gasteiger partial charge in [0.25, 0.3) is 0 Å². The highest BCUT2D eigenvalue weighted by Crippen LogP contribution is 2.25. The minimum absolute atomic E-state index is 0.470. The summed E-state index contributed by atoms with van der Waals surface area (Å²) in [6.07, 6.45) is -0.470. The summed E-state index contributed by atoms with van der Waals surface area (Å²) in [4.78, 5) is 15.2. The van der Waals surface area contributed by atoms with E-state index < -0.39 is 11.7 Å². The fraction of sp³-hybridized carbons (Fsp3) is 0.500. The summed E-state index contributed by atoms with van der Waals surface area (Å²) in [5, 5.41) is 3.25. The second kappa shape index (κ2) is 4.27. The first-order chi connectivity index (χ1) is 6.38. The van der Waals surface area contributed by atoms with Crippen LogP contribution in [0.1, 0.15) is 20.8 Å². The van der Waals surface area contributed by atoms with Crippen molar-refractivity contribution in [3.63, 3.8) is 0 Å². The van der Waals surface area contributed by atoms with Crippen LogP contribution in [0.2, 0.25) is 0 Å². The number of rotatable bonds is 1. The number of amides is 1. The van der Waals surface area contributed by atoms with Crippen molar-refractivity contribution in [3.05, 3.63) is 10.1 Å². The number of hydrogen-bond donors (Lipinski definition) is 1. The zero-order valence-electron chi connectivity index (χ0n) is 8.13. The highest BCUT2D eigenvalue weighted by atomic mass is 79.9. The standard InChI is InChI=1S/C8H11BrN2O2S/c1-8(2,3)13-7(12)11-6-5(9)10-4-14-6/h4H,1-3H3,(H,11,12). The lowest BCUT2D eigenvalue weighted by molar-refractivity contribution is 0.0636. The number of carbonyl (C=O) groups excluding carboxylic acids is 1. The first kappa shape index (κ1) is 11.5. The first-order valence-corrected chi connectivity index (χ1v) is 5.65. The first-order valence-electron chi connectivity index (χ1n) is 3.97. The highest BCUT2D eigenvalue weighted by molar-refractivity contribution is 9.10. The number of nitrogens with one attached hydrogen (secondary N) is 1. The van der Waals surface area contributed by atoms with Crippen LogP contribution >= 0.6 is 27.3 Å². The molecule has 0 bridgehead atoms. The highest BCUT2D eigenvalue weighted by Gasteiger charge is 2.17. The smallest absolute Gasteiger partial charge is 0.412 e. The van der Waals surface area contributed by atoms with Gasteiger partial charge in [-0.15, -0.1) is 11.3 Å². The Labute approximate surface area is 94.8 Å². The van der Waals surface area contributed by atoms with Gasteiger partial charge in [-0.2, -0.15) is 0 Å². The Bertz CT molecular complexity index is 332. The second-order valence-electron chi connectivity index (χ2n) is 3.60. The van der Waals surface area contributed by atoms with Gasteiger partial charge in [-0.3, -0.25) is 5.32 Å². The Morgan fingerprint density at radius 3 is 2.71 bits per heavy atom. The molecule has 1 amide bonds. The van der Waals surface area contributed by atoms with Crippen molar-refractivity contribution in [1.82, 2.24) is 4.98 Å². The molecular formula is C8H11BrN2O2S. The molecule has 78 valence electrons. The molecule has 0 spiro atoms. The van der Waals surface area contributed by atoms with Crippen molar-refractivity contribution in [2.45, 2.75) is 26.4 Å². The number of hydrogen-bond acceptors (Lipinski definition) is 4. The largest absolute Gasteiger partial charge is 0.444 e. The quantitative estimate of drug-likeness (QED) is 0.858. The van der Waals surface area contributed by atoms with Crippen molar-refractivity contribution in [2.75, 3.05) is 5.32 Å². The van der Waals surface area contributed by atoms with E-state index in [4.69, 9.17) is 4.74 Å². The van der Waals surface area contributed by atoms with E-state index >= 15 is 0 Å². The molecule has 1 aromatic heterocycles. The van der Waals surface area contributed by atoms with E-state index in [0.717, 1.165) is 0 Å². The summed E-state index contributed by atoms with van der Waals surface area (Å²) in [7, 11) is 0. The molecule has 0 unspecified atom stereocenters. The van der Waals surface area contributed by atoms with Crippen molar-refractivity contribution in [3.8, 4) is 0 Å². The maximum absolute atomic E-state index is 11.3. The average molecular weight is 279 g/mol. The van der Waals surface area contributed by atoms with Crippen LogP contribution in [0.25, 0.3) is 0 Å². The third kappa shape index (κ3) is 3.63. The number of thiazole rings is 1. The van der Waals surface area contributed by atoms with Gasteiger partial charge in [-0.25, -0.2) is 9.78 Å². The number of anilines is 1. The number of ether oxygens (including phenoxy) is 1. The molecule has 6 heteroatoms. The fourth-order valence-electron chi connectivity index (χ4n) is 0.710. The van der Waals surface area contributed by atoms with E-state index in [1.165, 1.54) is 11.3 Å². The minimum Gasteiger partial charge on any atom is -0.444 e. The molecule has 0 aliphatic carbocycles. The molecule has 0 aliphatic heterocycles. The molecule has 0 aliphatic rings. The van der Waals surface area contributed by atoms with Crippen LogP contribution in [0.15, 0.2) is 10.1 Å². The van der Waals surface area contributed by atoms with E-state index in [9.17, 15) is 4.79 Å². The predicted octanol–water partition coefficient (Wildman–Crippen LogP) is 3.25. The Hall–Kier alpha value is -0.620. The fourth-order valence-corrected chi connectivity index (χ4v) is 1.88. The summed E-state index contributed by atoms with van der Waals surface area (Å²) < 4.78 is 5.69. The van der Waals surface area contributed by atoms with E-state index in [-0.39, 0.29) is 0 Å². The van der Waals surface area contributed by atoms with Gasteiger partial charge in [0, 0.05) is 0 Å². The maximum Gasteiger partial charge on any atom is 0.412 e. The normalized spacial score (nSPS) is 11.1. The van der Waals surface area contributed by atoms with Crippen LogP contribution in [-0.4, -0.2) is 16.7 Å². The van der Waals surface area contributed by atoms with Gasteiger partial charge < -0.3 is 4.74 Å². The number of halogens is 1. The number of nitrogens with zero attached hydrogens (tertiary/aromatic N) is 1. The molecule has 0 aromatic carbocycles. The lowest BCUT2D eigenvalue weighted by Gasteiger charge is -2.19. The molecule has 0 saturated carbocycles. The minimum atomic E-state index is -0.485. The summed E-state index contributed by atoms with van der Waals surface area (Å²) >= 11 is 4.54. The Balaban J connectivity index is 2.54. The summed E-state index contributed by atoms with van der Waals surface area (Å²) in [6.45, 7) is 5.44. The predicted molar refractivity (Wildman–Crippen MR) is 59.7 cm³/mol. The lowest BCUT2D eigenvalue weighted by atomic mass is 10.2. The molecular weight excluding hydrogens is 268 g/mol. The maximum atomic E-state index is 11.3. The van der Waals surface area contributed by atoms with E-state index in [0.29, 0.717) is 9.60 Å². The molecule has 0 fully saturated rings. The van der Waals surface area contributed by atoms with E-state index in [2.05, 4.69) is 26.2 Å². The molecule has 14 heavy (non-hydrogen) atoms. The molecule has 1 heterocycles. The van der Waals surface area contributed by atoms with Crippen molar-refractivity contribution in [2.24, 2.45) is 0 Å². The van der Waals surface area contributed by atoms with Gasteiger partial charge in [0.15, 0.2) is 0 Å². The van der Waals surface area contributed by atoms with Crippen LogP contribution in [-0.2, 0) is 4.74 Å². The molecule has 1 N–H and O–H groups in total. The Kier molecular flexibility index (Phi) is 3.49. The van der Waals surface area contributed by atoms with Gasteiger partial charge in [-0.1, -0.05) is 0 Å². The number of aromatic nitrogens is 1. The van der Waals surface area contributed by atoms with Gasteiger partial charge in [0.2, 0.25) is 0 Å². The third-order valence-electron chi connectivity index (χ3n) is 1.14. The molecule has 1 aromatic rings. The van der Waals surface area contributed by atoms with Crippen LogP contribution < -0.4 is 5.32 Å². The molecule has 1 rings (SSSR count). The summed E-state index contributed by atoms with van der Waals surface area (Å²) in [5.41, 5.74) is 1.15. The van der Waals surface area contributed by atoms with Crippen LogP contribution in [0.4, 0.5) is 9.80 Å². The monoisotopic (exact) mass is 278 g/mol. The summed E-state index contributed by atoms with van der Waals surface area (Å²) in [5.74, 6) is 0. The molecule has 4 nitrogen and oxygen atoms in total. The van der Waals surface area contributed by atoms with Crippen LogP contribution in [0.5, 0.6) is 0 Å². The van der Waals surface area contributed by atoms with Gasteiger partial charge >= 0.3 is 6.09 Å². The SMILES string of the molecule is CC(C)(C)OC(=O)Nc1scnc1Br. The Morgan fingerprint density at radius 2 is 2.29 bits per heavy atom. The zero-order valence-corrected chi connectivity index (χ0v) is 10.5. The zero-order chi connectivity index (χ0) is 10.8. The van der Waals surface area contributed by atoms with Crippen LogP contribution in [0, 0.1) is 0 Å². The van der Waals surface area contributed by atoms with Crippen molar-refractivity contribution < 1.29 is 9.53 Å². The molecule has 0 saturated heterocycles. The van der Waals surface area contributed by atoms with Crippen LogP contribution in [0.3, 0.4) is 0 Å². The molecule has 0 radical (unpaired) electrons. The van der Waals surface area contributed by atoms with Gasteiger partial charge in [0.1, 0.15) is 15.2 Å². The summed E-state index contributed by atoms with van der Waals surface area (Å²) in [6, 6.07) is 0. The van der Waals surface area contributed by atoms with E-state index in [1.54, 1.807) is 5.51 Å². The Morgan fingerprint density at radius 1 is 1.64 bits per heavy atom. The number of carbonyl (C=O) groups is 1. The lowest BCUT2D eigenvalue weighted by Crippen LogP contribution is -2.27. The van der Waals surface area contributed by atoms with Crippen molar-refractivity contribution >= 4 is 38.4 Å². The van der Waals surface area contributed by atoms with Gasteiger partial charge in [0.05, 0.1) is 5.51 Å². The second-order valence-corrected chi connectivity index (χ2v) is 5.21. The molecule has 0 atom stereocenters. The topological polar surface area (TPSA) is 51.2 Å². The van der Waals surface area contributed by atoms with Gasteiger partial charge in [-0.05, 0) is 36.7 Å².